The summed E-state index contributed by atoms with van der Waals surface area (Å²) in [7, 11) is 0. The minimum absolute atomic E-state index is 0.0277. The number of carbonyl (C=O) groups excluding carboxylic acids is 3. The Morgan fingerprint density at radius 1 is 1.07 bits per heavy atom. The second-order valence-corrected chi connectivity index (χ2v) is 7.85. The second kappa shape index (κ2) is 8.48. The summed E-state index contributed by atoms with van der Waals surface area (Å²) in [5.41, 5.74) is 2.30. The number of rotatable bonds is 5. The zero-order chi connectivity index (χ0) is 20.3. The van der Waals surface area contributed by atoms with Gasteiger partial charge >= 0.3 is 0 Å². The minimum Gasteiger partial charge on any atom is -0.339 e. The Hall–Kier alpha value is -2.80. The van der Waals surface area contributed by atoms with Crippen molar-refractivity contribution in [2.75, 3.05) is 23.7 Å². The summed E-state index contributed by atoms with van der Waals surface area (Å²) < 4.78 is 0. The summed E-state index contributed by atoms with van der Waals surface area (Å²) in [6.45, 7) is 7.03. The molecule has 1 heterocycles. The molecule has 0 saturated heterocycles. The average Bonchev–Trinajstić information content (AvgIpc) is 2.70. The third-order valence-corrected chi connectivity index (χ3v) is 5.79. The highest BCUT2D eigenvalue weighted by atomic mass is 32.2. The van der Waals surface area contributed by atoms with Crippen LogP contribution in [-0.2, 0) is 4.79 Å². The fourth-order valence-electron chi connectivity index (χ4n) is 2.94. The molecule has 0 bridgehead atoms. The Bertz CT molecular complexity index is 908. The predicted molar refractivity (Wildman–Crippen MR) is 112 cm³/mol. The molecule has 1 aliphatic rings. The topological polar surface area (TPSA) is 78.5 Å². The Labute approximate surface area is 168 Å². The standard InChI is InChI=1S/C21H23N3O3S/c1-4-24(5-2)21(27)14-6-9-16(10-7-14)22-20(26)15-8-11-18-17(12-15)23-19(25)13(3)28-18/h6-13H,4-5H2,1-3H3,(H,22,26)(H,23,25). The maximum absolute atomic E-state index is 12.6. The number of carbonyl (C=O) groups is 3. The van der Waals surface area contributed by atoms with Crippen LogP contribution in [0.1, 0.15) is 41.5 Å². The Kier molecular flexibility index (Phi) is 6.04. The molecule has 0 saturated carbocycles. The first-order chi connectivity index (χ1) is 13.4. The molecule has 0 spiro atoms. The van der Waals surface area contributed by atoms with Gasteiger partial charge < -0.3 is 15.5 Å². The summed E-state index contributed by atoms with van der Waals surface area (Å²) in [6.07, 6.45) is 0. The van der Waals surface area contributed by atoms with Gasteiger partial charge in [0.2, 0.25) is 5.91 Å². The van der Waals surface area contributed by atoms with Crippen molar-refractivity contribution >= 4 is 40.9 Å². The summed E-state index contributed by atoms with van der Waals surface area (Å²) in [5.74, 6) is -0.368. The van der Waals surface area contributed by atoms with E-state index in [1.54, 1.807) is 41.3 Å². The van der Waals surface area contributed by atoms with Crippen molar-refractivity contribution in [3.63, 3.8) is 0 Å². The first kappa shape index (κ1) is 19.9. The maximum Gasteiger partial charge on any atom is 0.255 e. The highest BCUT2D eigenvalue weighted by Crippen LogP contribution is 2.36. The summed E-state index contributed by atoms with van der Waals surface area (Å²) >= 11 is 1.47. The van der Waals surface area contributed by atoms with Gasteiger partial charge in [-0.3, -0.25) is 14.4 Å². The number of thioether (sulfide) groups is 1. The van der Waals surface area contributed by atoms with E-state index in [4.69, 9.17) is 0 Å². The molecule has 6 nitrogen and oxygen atoms in total. The zero-order valence-electron chi connectivity index (χ0n) is 16.1. The van der Waals surface area contributed by atoms with E-state index in [1.807, 2.05) is 26.8 Å². The third-order valence-electron chi connectivity index (χ3n) is 4.61. The highest BCUT2D eigenvalue weighted by molar-refractivity contribution is 8.00. The quantitative estimate of drug-likeness (QED) is 0.803. The molecule has 7 heteroatoms. The average molecular weight is 398 g/mol. The van der Waals surface area contributed by atoms with Crippen LogP contribution < -0.4 is 10.6 Å². The molecule has 2 aromatic rings. The van der Waals surface area contributed by atoms with E-state index in [0.29, 0.717) is 35.6 Å². The van der Waals surface area contributed by atoms with Crippen LogP contribution in [0, 0.1) is 0 Å². The van der Waals surface area contributed by atoms with Crippen molar-refractivity contribution in [2.24, 2.45) is 0 Å². The van der Waals surface area contributed by atoms with Crippen LogP contribution in [0.25, 0.3) is 0 Å². The number of hydrogen-bond donors (Lipinski definition) is 2. The van der Waals surface area contributed by atoms with E-state index in [2.05, 4.69) is 10.6 Å². The number of benzene rings is 2. The SMILES string of the molecule is CCN(CC)C(=O)c1ccc(NC(=O)c2ccc3c(c2)NC(=O)C(C)S3)cc1. The van der Waals surface area contributed by atoms with Crippen molar-refractivity contribution in [2.45, 2.75) is 30.9 Å². The van der Waals surface area contributed by atoms with E-state index in [0.717, 1.165) is 4.90 Å². The number of nitrogens with zero attached hydrogens (tertiary/aromatic N) is 1. The minimum atomic E-state index is -0.275. The maximum atomic E-state index is 12.6. The van der Waals surface area contributed by atoms with Gasteiger partial charge in [0.25, 0.3) is 11.8 Å². The number of hydrogen-bond acceptors (Lipinski definition) is 4. The van der Waals surface area contributed by atoms with E-state index in [-0.39, 0.29) is 23.0 Å². The smallest absolute Gasteiger partial charge is 0.255 e. The van der Waals surface area contributed by atoms with Gasteiger partial charge in [-0.25, -0.2) is 0 Å². The number of nitrogens with one attached hydrogen (secondary N) is 2. The lowest BCUT2D eigenvalue weighted by molar-refractivity contribution is -0.115. The van der Waals surface area contributed by atoms with Crippen LogP contribution in [0.4, 0.5) is 11.4 Å². The van der Waals surface area contributed by atoms with E-state index >= 15 is 0 Å². The molecule has 0 radical (unpaired) electrons. The van der Waals surface area contributed by atoms with Crippen LogP contribution in [0.5, 0.6) is 0 Å². The van der Waals surface area contributed by atoms with E-state index in [1.165, 1.54) is 11.8 Å². The lowest BCUT2D eigenvalue weighted by Crippen LogP contribution is -2.30. The Balaban J connectivity index is 1.71. The molecule has 28 heavy (non-hydrogen) atoms. The van der Waals surface area contributed by atoms with Crippen molar-refractivity contribution in [3.05, 3.63) is 53.6 Å². The molecule has 0 aromatic heterocycles. The molecular formula is C21H23N3O3S. The molecule has 2 N–H and O–H groups in total. The van der Waals surface area contributed by atoms with Gasteiger partial charge in [0, 0.05) is 34.8 Å². The van der Waals surface area contributed by atoms with Crippen LogP contribution in [0.2, 0.25) is 0 Å². The first-order valence-corrected chi connectivity index (χ1v) is 10.1. The number of amides is 3. The number of anilines is 2. The van der Waals surface area contributed by atoms with Gasteiger partial charge in [-0.05, 0) is 63.2 Å². The van der Waals surface area contributed by atoms with Crippen LogP contribution in [0.3, 0.4) is 0 Å². The largest absolute Gasteiger partial charge is 0.339 e. The predicted octanol–water partition coefficient (Wildman–Crippen LogP) is 3.85. The van der Waals surface area contributed by atoms with Gasteiger partial charge in [0.1, 0.15) is 0 Å². The molecule has 3 amide bonds. The van der Waals surface area contributed by atoms with E-state index in [9.17, 15) is 14.4 Å². The van der Waals surface area contributed by atoms with Crippen molar-refractivity contribution < 1.29 is 14.4 Å². The van der Waals surface area contributed by atoms with Gasteiger partial charge in [0.15, 0.2) is 0 Å². The van der Waals surface area contributed by atoms with Crippen molar-refractivity contribution in [1.82, 2.24) is 4.90 Å². The van der Waals surface area contributed by atoms with Crippen molar-refractivity contribution in [1.29, 1.82) is 0 Å². The molecule has 1 atom stereocenters. The molecule has 146 valence electrons. The van der Waals surface area contributed by atoms with Crippen molar-refractivity contribution in [3.8, 4) is 0 Å². The molecule has 0 aliphatic carbocycles. The van der Waals surface area contributed by atoms with Gasteiger partial charge in [-0.2, -0.15) is 0 Å². The fourth-order valence-corrected chi connectivity index (χ4v) is 3.87. The van der Waals surface area contributed by atoms with Crippen LogP contribution in [0.15, 0.2) is 47.4 Å². The molecule has 1 unspecified atom stereocenters. The third kappa shape index (κ3) is 4.20. The van der Waals surface area contributed by atoms with Gasteiger partial charge in [-0.15, -0.1) is 11.8 Å². The Morgan fingerprint density at radius 3 is 2.36 bits per heavy atom. The molecule has 0 fully saturated rings. The second-order valence-electron chi connectivity index (χ2n) is 6.47. The molecule has 3 rings (SSSR count). The summed E-state index contributed by atoms with van der Waals surface area (Å²) in [6, 6.07) is 12.1. The first-order valence-electron chi connectivity index (χ1n) is 9.25. The molecule has 2 aromatic carbocycles. The monoisotopic (exact) mass is 397 g/mol. The van der Waals surface area contributed by atoms with Gasteiger partial charge in [-0.1, -0.05) is 0 Å². The molecule has 1 aliphatic heterocycles. The lowest BCUT2D eigenvalue weighted by Gasteiger charge is -2.21. The Morgan fingerprint density at radius 2 is 1.71 bits per heavy atom. The zero-order valence-corrected chi connectivity index (χ0v) is 16.9. The fraction of sp³-hybridized carbons (Fsp3) is 0.286. The van der Waals surface area contributed by atoms with Crippen LogP contribution in [-0.4, -0.2) is 41.0 Å². The lowest BCUT2D eigenvalue weighted by atomic mass is 10.1. The van der Waals surface area contributed by atoms with Crippen LogP contribution >= 0.6 is 11.8 Å². The normalized spacial score (nSPS) is 15.4. The summed E-state index contributed by atoms with van der Waals surface area (Å²) in [5, 5.41) is 5.50. The number of fused-ring (bicyclic) bond motifs is 1. The highest BCUT2D eigenvalue weighted by Gasteiger charge is 2.23. The molecular weight excluding hydrogens is 374 g/mol. The summed E-state index contributed by atoms with van der Waals surface area (Å²) in [4.78, 5) is 39.4. The van der Waals surface area contributed by atoms with Gasteiger partial charge in [0.05, 0.1) is 10.9 Å². The van der Waals surface area contributed by atoms with E-state index < -0.39 is 0 Å².